The van der Waals surface area contributed by atoms with E-state index >= 15 is 0 Å². The number of nitrogens with zero attached hydrogens (tertiary/aromatic N) is 3. The van der Waals surface area contributed by atoms with Crippen LogP contribution in [0.15, 0.2) is 41.2 Å². The maximum Gasteiger partial charge on any atom is 0.256 e. The van der Waals surface area contributed by atoms with E-state index < -0.39 is 0 Å². The number of fused-ring (bicyclic) bond motifs is 1. The van der Waals surface area contributed by atoms with E-state index in [0.29, 0.717) is 29.2 Å². The molecule has 0 amide bonds. The van der Waals surface area contributed by atoms with Gasteiger partial charge >= 0.3 is 0 Å². The van der Waals surface area contributed by atoms with Crippen LogP contribution in [0.1, 0.15) is 24.6 Å². The number of rotatable bonds is 4. The van der Waals surface area contributed by atoms with E-state index in [0.717, 1.165) is 22.2 Å². The molecule has 0 spiro atoms. The highest BCUT2D eigenvalue weighted by Crippen LogP contribution is 2.32. The summed E-state index contributed by atoms with van der Waals surface area (Å²) in [6, 6.07) is 13.5. The maximum atomic E-state index is 13.1. The van der Waals surface area contributed by atoms with Crippen LogP contribution in [0.2, 0.25) is 5.02 Å². The summed E-state index contributed by atoms with van der Waals surface area (Å²) in [4.78, 5) is 17.7. The minimum absolute atomic E-state index is 0.0849. The quantitative estimate of drug-likeness (QED) is 0.695. The van der Waals surface area contributed by atoms with Crippen molar-refractivity contribution in [3.05, 3.63) is 63.0 Å². The molecule has 3 rings (SSSR count). The van der Waals surface area contributed by atoms with E-state index in [1.165, 1.54) is 0 Å². The fourth-order valence-corrected chi connectivity index (χ4v) is 3.34. The normalized spacial score (nSPS) is 10.8. The third-order valence-corrected chi connectivity index (χ3v) is 4.50. The second-order valence-electron chi connectivity index (χ2n) is 5.90. The first-order chi connectivity index (χ1) is 12.1. The first kappa shape index (κ1) is 17.2. The molecule has 0 N–H and O–H groups in total. The summed E-state index contributed by atoms with van der Waals surface area (Å²) in [7, 11) is 0. The number of pyridine rings is 2. The van der Waals surface area contributed by atoms with Crippen LogP contribution in [0, 0.1) is 18.3 Å². The van der Waals surface area contributed by atoms with Gasteiger partial charge in [-0.15, -0.1) is 0 Å². The number of nitriles is 1. The van der Waals surface area contributed by atoms with Crippen LogP contribution in [-0.4, -0.2) is 9.55 Å². The van der Waals surface area contributed by atoms with Crippen LogP contribution in [0.25, 0.3) is 22.2 Å². The first-order valence-electron chi connectivity index (χ1n) is 8.22. The van der Waals surface area contributed by atoms with Gasteiger partial charge in [0, 0.05) is 40.2 Å². The Hall–Kier alpha value is -2.64. The summed E-state index contributed by atoms with van der Waals surface area (Å²) in [5.41, 5.74) is 3.78. The molecule has 0 atom stereocenters. The fourth-order valence-electron chi connectivity index (χ4n) is 3.15. The van der Waals surface area contributed by atoms with Crippen molar-refractivity contribution in [1.29, 1.82) is 5.26 Å². The van der Waals surface area contributed by atoms with E-state index in [4.69, 9.17) is 16.9 Å². The van der Waals surface area contributed by atoms with E-state index in [1.54, 1.807) is 10.6 Å². The average molecular weight is 352 g/mol. The van der Waals surface area contributed by atoms with Crippen molar-refractivity contribution in [2.45, 2.75) is 33.2 Å². The van der Waals surface area contributed by atoms with Crippen LogP contribution in [0.4, 0.5) is 0 Å². The molecule has 0 saturated heterocycles. The lowest BCUT2D eigenvalue weighted by Gasteiger charge is -2.17. The Balaban J connectivity index is 2.47. The second-order valence-corrected chi connectivity index (χ2v) is 6.33. The highest BCUT2D eigenvalue weighted by Gasteiger charge is 2.18. The second kappa shape index (κ2) is 7.08. The lowest BCUT2D eigenvalue weighted by atomic mass is 9.94. The lowest BCUT2D eigenvalue weighted by molar-refractivity contribution is 0.735. The van der Waals surface area contributed by atoms with E-state index in [9.17, 15) is 4.79 Å². The van der Waals surface area contributed by atoms with Crippen molar-refractivity contribution in [2.75, 3.05) is 0 Å². The smallest absolute Gasteiger partial charge is 0.256 e. The molecule has 25 heavy (non-hydrogen) atoms. The van der Waals surface area contributed by atoms with Gasteiger partial charge in [-0.25, -0.2) is 4.98 Å². The van der Waals surface area contributed by atoms with Gasteiger partial charge in [-0.3, -0.25) is 9.36 Å². The topological polar surface area (TPSA) is 58.7 Å². The zero-order valence-corrected chi connectivity index (χ0v) is 15.0. The largest absolute Gasteiger partial charge is 0.293 e. The van der Waals surface area contributed by atoms with Crippen molar-refractivity contribution in [3.8, 4) is 17.2 Å². The number of halogens is 1. The molecule has 2 aromatic heterocycles. The monoisotopic (exact) mass is 351 g/mol. The van der Waals surface area contributed by atoms with E-state index in [1.807, 2.05) is 44.2 Å². The minimum atomic E-state index is -0.0849. The fraction of sp³-hybridized carbons (Fsp3) is 0.250. The average Bonchev–Trinajstić information content (AvgIpc) is 2.59. The van der Waals surface area contributed by atoms with Crippen LogP contribution in [-0.2, 0) is 13.0 Å². The molecule has 4 nitrogen and oxygen atoms in total. The first-order valence-corrected chi connectivity index (χ1v) is 8.60. The Kier molecular flexibility index (Phi) is 4.87. The third kappa shape index (κ3) is 3.16. The van der Waals surface area contributed by atoms with E-state index in [-0.39, 0.29) is 12.0 Å². The molecule has 0 saturated carbocycles. The number of aryl methyl sites for hydroxylation is 2. The van der Waals surface area contributed by atoms with Crippen LogP contribution >= 0.6 is 11.6 Å². The molecule has 2 heterocycles. The lowest BCUT2D eigenvalue weighted by Crippen LogP contribution is -2.25. The SMILES string of the molecule is CCn1c(=O)c(CCC#N)c(-c2cccc(Cl)c2)c2ccc(C)nc21. The van der Waals surface area contributed by atoms with Gasteiger partial charge in [0.1, 0.15) is 5.65 Å². The minimum Gasteiger partial charge on any atom is -0.293 e. The molecule has 126 valence electrons. The predicted molar refractivity (Wildman–Crippen MR) is 101 cm³/mol. The van der Waals surface area contributed by atoms with Crippen molar-refractivity contribution in [2.24, 2.45) is 0 Å². The number of aromatic nitrogens is 2. The predicted octanol–water partition coefficient (Wildman–Crippen LogP) is 4.50. The van der Waals surface area contributed by atoms with Gasteiger partial charge in [0.05, 0.1) is 6.07 Å². The van der Waals surface area contributed by atoms with Gasteiger partial charge < -0.3 is 0 Å². The molecule has 0 aliphatic heterocycles. The van der Waals surface area contributed by atoms with Gasteiger partial charge in [0.25, 0.3) is 5.56 Å². The van der Waals surface area contributed by atoms with Crippen LogP contribution in [0.5, 0.6) is 0 Å². The Morgan fingerprint density at radius 3 is 2.76 bits per heavy atom. The zero-order valence-electron chi connectivity index (χ0n) is 14.2. The molecule has 3 aromatic rings. The third-order valence-electron chi connectivity index (χ3n) is 4.26. The molecule has 0 aliphatic carbocycles. The zero-order chi connectivity index (χ0) is 18.0. The van der Waals surface area contributed by atoms with Gasteiger partial charge in [0.2, 0.25) is 0 Å². The van der Waals surface area contributed by atoms with Gasteiger partial charge in [-0.2, -0.15) is 5.26 Å². The number of benzene rings is 1. The molecular weight excluding hydrogens is 334 g/mol. The Morgan fingerprint density at radius 1 is 1.28 bits per heavy atom. The summed E-state index contributed by atoms with van der Waals surface area (Å²) < 4.78 is 1.68. The Labute approximate surface area is 151 Å². The van der Waals surface area contributed by atoms with Crippen LogP contribution in [0.3, 0.4) is 0 Å². The van der Waals surface area contributed by atoms with Crippen molar-refractivity contribution >= 4 is 22.6 Å². The van der Waals surface area contributed by atoms with E-state index in [2.05, 4.69) is 11.1 Å². The molecule has 5 heteroatoms. The highest BCUT2D eigenvalue weighted by molar-refractivity contribution is 6.30. The standard InChI is InChI=1S/C20H18ClN3O/c1-3-24-19-16(10-9-13(2)23-19)18(14-6-4-7-15(21)12-14)17(20(24)25)8-5-11-22/h4,6-7,9-10,12H,3,5,8H2,1-2H3. The molecule has 0 radical (unpaired) electrons. The maximum absolute atomic E-state index is 13.1. The highest BCUT2D eigenvalue weighted by atomic mass is 35.5. The molecule has 0 aliphatic rings. The van der Waals surface area contributed by atoms with Crippen molar-refractivity contribution in [1.82, 2.24) is 9.55 Å². The number of hydrogen-bond acceptors (Lipinski definition) is 3. The summed E-state index contributed by atoms with van der Waals surface area (Å²) in [5, 5.41) is 10.5. The van der Waals surface area contributed by atoms with Gasteiger partial charge in [-0.1, -0.05) is 23.7 Å². The molecule has 0 bridgehead atoms. The Bertz CT molecular complexity index is 1050. The molecule has 0 fully saturated rings. The van der Waals surface area contributed by atoms with Crippen LogP contribution < -0.4 is 5.56 Å². The van der Waals surface area contributed by atoms with Gasteiger partial charge in [0.15, 0.2) is 0 Å². The molecule has 0 unspecified atom stereocenters. The summed E-state index contributed by atoms with van der Waals surface area (Å²) >= 11 is 6.17. The van der Waals surface area contributed by atoms with Crippen molar-refractivity contribution < 1.29 is 0 Å². The molecule has 1 aromatic carbocycles. The number of hydrogen-bond donors (Lipinski definition) is 0. The Morgan fingerprint density at radius 2 is 2.08 bits per heavy atom. The molecular formula is C20H18ClN3O. The summed E-state index contributed by atoms with van der Waals surface area (Å²) in [5.74, 6) is 0. The van der Waals surface area contributed by atoms with Gasteiger partial charge in [-0.05, 0) is 50.1 Å². The van der Waals surface area contributed by atoms with Crippen molar-refractivity contribution in [3.63, 3.8) is 0 Å². The summed E-state index contributed by atoms with van der Waals surface area (Å²) in [6.45, 7) is 4.37. The summed E-state index contributed by atoms with van der Waals surface area (Å²) in [6.07, 6.45) is 0.693.